The van der Waals surface area contributed by atoms with Crippen LogP contribution >= 0.6 is 11.3 Å². The molecule has 0 atom stereocenters. The molecule has 0 spiro atoms. The molecule has 0 radical (unpaired) electrons. The Morgan fingerprint density at radius 2 is 1.73 bits per heavy atom. The van der Waals surface area contributed by atoms with E-state index in [0.29, 0.717) is 28.1 Å². The van der Waals surface area contributed by atoms with Gasteiger partial charge in [0.15, 0.2) is 0 Å². The van der Waals surface area contributed by atoms with Gasteiger partial charge in [0.05, 0.1) is 16.6 Å². The van der Waals surface area contributed by atoms with Gasteiger partial charge in [-0.15, -0.1) is 11.3 Å². The number of hydrogen-bond donors (Lipinski definition) is 3. The van der Waals surface area contributed by atoms with E-state index < -0.39 is 16.1 Å². The zero-order valence-electron chi connectivity index (χ0n) is 20.9. The van der Waals surface area contributed by atoms with Gasteiger partial charge in [-0.1, -0.05) is 0 Å². The van der Waals surface area contributed by atoms with Crippen molar-refractivity contribution in [1.29, 1.82) is 0 Å². The van der Waals surface area contributed by atoms with Crippen LogP contribution in [0.15, 0.2) is 63.6 Å². The summed E-state index contributed by atoms with van der Waals surface area (Å²) >= 11 is 1.08. The first kappa shape index (κ1) is 26.3. The van der Waals surface area contributed by atoms with Crippen LogP contribution in [-0.2, 0) is 10.0 Å². The van der Waals surface area contributed by atoms with Crippen LogP contribution in [-0.4, -0.2) is 56.1 Å². The number of aromatic nitrogens is 2. The Hall–Kier alpha value is -3.74. The molecule has 37 heavy (non-hydrogen) atoms. The average molecular weight is 541 g/mol. The van der Waals surface area contributed by atoms with Gasteiger partial charge in [-0.2, -0.15) is 0 Å². The molecule has 4 rings (SSSR count). The monoisotopic (exact) mass is 540 g/mol. The van der Waals surface area contributed by atoms with E-state index in [1.807, 2.05) is 31.0 Å². The van der Waals surface area contributed by atoms with Gasteiger partial charge in [-0.3, -0.25) is 9.36 Å². The van der Waals surface area contributed by atoms with Crippen LogP contribution in [0.1, 0.15) is 10.7 Å². The highest BCUT2D eigenvalue weighted by Gasteiger charge is 2.19. The van der Waals surface area contributed by atoms with Crippen molar-refractivity contribution < 1.29 is 13.2 Å². The highest BCUT2D eigenvalue weighted by atomic mass is 32.2. The summed E-state index contributed by atoms with van der Waals surface area (Å²) in [6.07, 6.45) is 0. The molecule has 194 valence electrons. The Bertz CT molecular complexity index is 1610. The molecule has 0 saturated heterocycles. The molecule has 2 amide bonds. The second-order valence-electron chi connectivity index (χ2n) is 8.73. The molecule has 2 aromatic carbocycles. The van der Waals surface area contributed by atoms with Crippen LogP contribution in [0.2, 0.25) is 0 Å². The quantitative estimate of drug-likeness (QED) is 0.312. The standard InChI is InChI=1S/C25H28N6O4S2/c1-16-5-12-23(36-16)37(34,35)29-25(33)28-18-6-9-20(10-7-18)31-17(2)27-22-15-19(26-13-14-30(3)4)8-11-21(22)24(31)32/h5-12,15,26H,13-14H2,1-4H3,(H2,28,29,33). The molecule has 0 unspecified atom stereocenters. The number of amides is 2. The SMILES string of the molecule is Cc1ccc(S(=O)(=O)NC(=O)Nc2ccc(-n3c(C)nc4cc(NCCN(C)C)ccc4c3=O)cc2)s1. The number of fused-ring (bicyclic) bond motifs is 1. The van der Waals surface area contributed by atoms with Crippen molar-refractivity contribution >= 4 is 49.7 Å². The minimum absolute atomic E-state index is 0.0608. The van der Waals surface area contributed by atoms with Gasteiger partial charge in [-0.05, 0) is 82.5 Å². The number of carbonyl (C=O) groups is 1. The largest absolute Gasteiger partial charge is 0.384 e. The fourth-order valence-corrected chi connectivity index (χ4v) is 5.90. The van der Waals surface area contributed by atoms with E-state index in [1.54, 1.807) is 50.2 Å². The topological polar surface area (TPSA) is 125 Å². The molecule has 4 aromatic rings. The lowest BCUT2D eigenvalue weighted by Crippen LogP contribution is -2.33. The van der Waals surface area contributed by atoms with E-state index in [2.05, 4.69) is 20.5 Å². The molecule has 0 bridgehead atoms. The van der Waals surface area contributed by atoms with Crippen LogP contribution in [0.25, 0.3) is 16.6 Å². The normalized spacial score (nSPS) is 11.6. The second kappa shape index (κ2) is 10.7. The van der Waals surface area contributed by atoms with E-state index in [-0.39, 0.29) is 9.77 Å². The van der Waals surface area contributed by atoms with Gasteiger partial charge in [0.1, 0.15) is 10.0 Å². The zero-order valence-corrected chi connectivity index (χ0v) is 22.5. The maximum Gasteiger partial charge on any atom is 0.333 e. The van der Waals surface area contributed by atoms with Crippen LogP contribution in [0.3, 0.4) is 0 Å². The van der Waals surface area contributed by atoms with Crippen LogP contribution in [0, 0.1) is 13.8 Å². The first-order chi connectivity index (χ1) is 17.5. The highest BCUT2D eigenvalue weighted by Crippen LogP contribution is 2.21. The number of rotatable bonds is 8. The molecule has 0 aliphatic heterocycles. The first-order valence-electron chi connectivity index (χ1n) is 11.5. The molecule has 0 aliphatic rings. The van der Waals surface area contributed by atoms with Gasteiger partial charge >= 0.3 is 6.03 Å². The number of urea groups is 1. The lowest BCUT2D eigenvalue weighted by Gasteiger charge is -2.14. The molecule has 2 heterocycles. The van der Waals surface area contributed by atoms with Crippen molar-refractivity contribution in [2.75, 3.05) is 37.8 Å². The number of nitrogens with one attached hydrogen (secondary N) is 3. The maximum absolute atomic E-state index is 13.3. The third-order valence-electron chi connectivity index (χ3n) is 5.52. The van der Waals surface area contributed by atoms with Crippen LogP contribution in [0.4, 0.5) is 16.2 Å². The lowest BCUT2D eigenvalue weighted by molar-refractivity contribution is 0.256. The van der Waals surface area contributed by atoms with Gasteiger partial charge < -0.3 is 15.5 Å². The van der Waals surface area contributed by atoms with Crippen molar-refractivity contribution in [3.05, 3.63) is 75.7 Å². The van der Waals surface area contributed by atoms with E-state index in [0.717, 1.165) is 35.0 Å². The van der Waals surface area contributed by atoms with Crippen LogP contribution in [0.5, 0.6) is 0 Å². The highest BCUT2D eigenvalue weighted by molar-refractivity contribution is 7.92. The summed E-state index contributed by atoms with van der Waals surface area (Å²) in [4.78, 5) is 33.1. The van der Waals surface area contributed by atoms with Crippen molar-refractivity contribution in [3.63, 3.8) is 0 Å². The summed E-state index contributed by atoms with van der Waals surface area (Å²) in [7, 11) is 0.0504. The number of nitrogens with zero attached hydrogens (tertiary/aromatic N) is 3. The number of hydrogen-bond acceptors (Lipinski definition) is 8. The fraction of sp³-hybridized carbons (Fsp3) is 0.240. The number of thiophene rings is 1. The lowest BCUT2D eigenvalue weighted by atomic mass is 10.2. The predicted octanol–water partition coefficient (Wildman–Crippen LogP) is 3.55. The molecule has 12 heteroatoms. The van der Waals surface area contributed by atoms with Gasteiger partial charge in [0.2, 0.25) is 0 Å². The minimum Gasteiger partial charge on any atom is -0.384 e. The Kier molecular flexibility index (Phi) is 7.62. The second-order valence-corrected chi connectivity index (χ2v) is 11.9. The van der Waals surface area contributed by atoms with Gasteiger partial charge in [0.25, 0.3) is 15.6 Å². The number of aryl methyl sites for hydroxylation is 2. The molecular formula is C25H28N6O4S2. The number of sulfonamides is 1. The number of benzene rings is 2. The first-order valence-corrected chi connectivity index (χ1v) is 13.8. The fourth-order valence-electron chi connectivity index (χ4n) is 3.71. The van der Waals surface area contributed by atoms with Crippen molar-refractivity contribution in [1.82, 2.24) is 19.2 Å². The molecule has 0 saturated carbocycles. The van der Waals surface area contributed by atoms with E-state index >= 15 is 0 Å². The molecule has 3 N–H and O–H groups in total. The third kappa shape index (κ3) is 6.16. The van der Waals surface area contributed by atoms with E-state index in [9.17, 15) is 18.0 Å². The Morgan fingerprint density at radius 1 is 1.03 bits per heavy atom. The Labute approximate surface area is 219 Å². The molecule has 0 aliphatic carbocycles. The minimum atomic E-state index is -3.96. The smallest absolute Gasteiger partial charge is 0.333 e. The Balaban J connectivity index is 1.50. The average Bonchev–Trinajstić information content (AvgIpc) is 3.27. The molecule has 10 nitrogen and oxygen atoms in total. The number of likely N-dealkylation sites (N-methyl/N-ethyl adjacent to an activating group) is 1. The third-order valence-corrected chi connectivity index (χ3v) is 8.34. The van der Waals surface area contributed by atoms with E-state index in [1.165, 1.54) is 10.6 Å². The summed E-state index contributed by atoms with van der Waals surface area (Å²) in [5.74, 6) is 0.513. The summed E-state index contributed by atoms with van der Waals surface area (Å²) in [6.45, 7) is 5.19. The number of anilines is 2. The van der Waals surface area contributed by atoms with Gasteiger partial charge in [0, 0.05) is 29.3 Å². The van der Waals surface area contributed by atoms with Crippen molar-refractivity contribution in [2.45, 2.75) is 18.1 Å². The summed E-state index contributed by atoms with van der Waals surface area (Å²) in [5.41, 5.74) is 2.22. The molecule has 0 fully saturated rings. The summed E-state index contributed by atoms with van der Waals surface area (Å²) in [5, 5.41) is 6.32. The van der Waals surface area contributed by atoms with Crippen molar-refractivity contribution in [2.24, 2.45) is 0 Å². The summed E-state index contributed by atoms with van der Waals surface area (Å²) < 4.78 is 28.3. The van der Waals surface area contributed by atoms with E-state index in [4.69, 9.17) is 0 Å². The Morgan fingerprint density at radius 3 is 2.38 bits per heavy atom. The summed E-state index contributed by atoms with van der Waals surface area (Å²) in [6, 6.07) is 14.2. The van der Waals surface area contributed by atoms with Crippen molar-refractivity contribution in [3.8, 4) is 5.69 Å². The number of carbonyl (C=O) groups excluding carboxylic acids is 1. The van der Waals surface area contributed by atoms with Gasteiger partial charge in [-0.25, -0.2) is 22.9 Å². The zero-order chi connectivity index (χ0) is 26.7. The maximum atomic E-state index is 13.3. The molecule has 2 aromatic heterocycles. The predicted molar refractivity (Wildman–Crippen MR) is 148 cm³/mol. The van der Waals surface area contributed by atoms with Crippen LogP contribution < -0.4 is 20.9 Å². The molecular weight excluding hydrogens is 512 g/mol.